The number of methoxy groups -OCH3 is 1. The number of benzene rings is 2. The van der Waals surface area contributed by atoms with Crippen molar-refractivity contribution in [2.24, 2.45) is 5.73 Å². The summed E-state index contributed by atoms with van der Waals surface area (Å²) in [7, 11) is 1.62. The average Bonchev–Trinajstić information content (AvgIpc) is 3.10. The average molecular weight is 549 g/mol. The quantitative estimate of drug-likeness (QED) is 0.299. The lowest BCUT2D eigenvalue weighted by Crippen LogP contribution is -2.30. The first kappa shape index (κ1) is 28.7. The Bertz CT molecular complexity index is 1050. The van der Waals surface area contributed by atoms with Gasteiger partial charge >= 0.3 is 0 Å². The Labute approximate surface area is 219 Å². The molecule has 8 heteroatoms. The lowest BCUT2D eigenvalue weighted by Gasteiger charge is -2.25. The standard InChI is InChI=1S/C27H37N3O4.BrH/c1-6-33-20-9-10-21-19(13-20)16-30(26(21)29)17-23(31)18-14-22(27(2,3)4)25(32-5)24(15-18)34-12-8-7-11-28;/h9-10,13-15,29H,6-8,11-12,16-17,28H2,1-5H3;1H. The van der Waals surface area contributed by atoms with E-state index in [4.69, 9.17) is 25.4 Å². The first-order valence-corrected chi connectivity index (χ1v) is 11.9. The number of nitrogens with two attached hydrogens (primary N) is 1. The molecule has 0 unspecified atom stereocenters. The van der Waals surface area contributed by atoms with E-state index >= 15 is 0 Å². The van der Waals surface area contributed by atoms with Gasteiger partial charge in [0.15, 0.2) is 17.3 Å². The van der Waals surface area contributed by atoms with Crippen molar-refractivity contribution in [3.05, 3.63) is 52.6 Å². The van der Waals surface area contributed by atoms with Crippen LogP contribution in [0.5, 0.6) is 17.2 Å². The number of carbonyl (C=O) groups is 1. The van der Waals surface area contributed by atoms with Crippen molar-refractivity contribution in [3.63, 3.8) is 0 Å². The maximum Gasteiger partial charge on any atom is 0.182 e. The molecule has 0 spiro atoms. The van der Waals surface area contributed by atoms with Crippen molar-refractivity contribution in [1.29, 1.82) is 5.41 Å². The summed E-state index contributed by atoms with van der Waals surface area (Å²) in [5.74, 6) is 2.29. The number of nitrogens with one attached hydrogen (secondary N) is 1. The Morgan fingerprint density at radius 2 is 1.89 bits per heavy atom. The minimum absolute atomic E-state index is 0. The van der Waals surface area contributed by atoms with E-state index in [-0.39, 0.29) is 34.7 Å². The number of fused-ring (bicyclic) bond motifs is 1. The van der Waals surface area contributed by atoms with Crippen molar-refractivity contribution >= 4 is 28.6 Å². The molecular weight excluding hydrogens is 510 g/mol. The summed E-state index contributed by atoms with van der Waals surface area (Å²) in [6.45, 7) is 10.5. The molecule has 1 heterocycles. The summed E-state index contributed by atoms with van der Waals surface area (Å²) in [6, 6.07) is 9.38. The summed E-state index contributed by atoms with van der Waals surface area (Å²) >= 11 is 0. The Balaban J connectivity index is 0.00000432. The largest absolute Gasteiger partial charge is 0.494 e. The number of Topliss-reactive ketones (excluding diaryl/α,β-unsaturated/α-hetero) is 1. The van der Waals surface area contributed by atoms with E-state index in [1.165, 1.54) is 0 Å². The van der Waals surface area contributed by atoms with Gasteiger partial charge < -0.3 is 24.8 Å². The zero-order valence-corrected chi connectivity index (χ0v) is 23.1. The molecule has 0 radical (unpaired) electrons. The summed E-state index contributed by atoms with van der Waals surface area (Å²) in [6.07, 6.45) is 1.70. The number of hydrogen-bond donors (Lipinski definition) is 2. The highest BCUT2D eigenvalue weighted by atomic mass is 79.9. The molecule has 0 aliphatic carbocycles. The second kappa shape index (κ2) is 12.4. The van der Waals surface area contributed by atoms with Crippen LogP contribution >= 0.6 is 17.0 Å². The molecule has 0 bridgehead atoms. The Hall–Kier alpha value is -2.58. The van der Waals surface area contributed by atoms with E-state index in [0.717, 1.165) is 35.3 Å². The van der Waals surface area contributed by atoms with Gasteiger partial charge in [0.05, 0.1) is 26.9 Å². The molecule has 0 fully saturated rings. The molecule has 0 atom stereocenters. The van der Waals surface area contributed by atoms with E-state index in [1.54, 1.807) is 18.1 Å². The van der Waals surface area contributed by atoms with Crippen LogP contribution in [0.4, 0.5) is 0 Å². The van der Waals surface area contributed by atoms with Gasteiger partial charge in [-0.2, -0.15) is 0 Å². The van der Waals surface area contributed by atoms with Crippen molar-refractivity contribution in [2.45, 2.75) is 52.5 Å². The van der Waals surface area contributed by atoms with Crippen LogP contribution in [-0.2, 0) is 12.0 Å². The molecule has 192 valence electrons. The fourth-order valence-corrected chi connectivity index (χ4v) is 4.11. The van der Waals surface area contributed by atoms with Crippen LogP contribution in [-0.4, -0.2) is 49.9 Å². The van der Waals surface area contributed by atoms with E-state index in [0.29, 0.717) is 49.2 Å². The van der Waals surface area contributed by atoms with Crippen LogP contribution < -0.4 is 19.9 Å². The number of hydrogen-bond acceptors (Lipinski definition) is 6. The van der Waals surface area contributed by atoms with Crippen LogP contribution in [0.3, 0.4) is 0 Å². The number of halogens is 1. The van der Waals surface area contributed by atoms with Gasteiger partial charge in [-0.1, -0.05) is 20.8 Å². The number of ether oxygens (including phenoxy) is 3. The monoisotopic (exact) mass is 547 g/mol. The first-order chi connectivity index (χ1) is 16.2. The molecule has 7 nitrogen and oxygen atoms in total. The smallest absolute Gasteiger partial charge is 0.182 e. The minimum Gasteiger partial charge on any atom is -0.494 e. The summed E-state index contributed by atoms with van der Waals surface area (Å²) in [5.41, 5.74) is 8.66. The molecule has 0 saturated carbocycles. The molecule has 1 aliphatic heterocycles. The van der Waals surface area contributed by atoms with E-state index in [2.05, 4.69) is 20.8 Å². The highest BCUT2D eigenvalue weighted by Gasteiger charge is 2.29. The molecule has 3 N–H and O–H groups in total. The highest BCUT2D eigenvalue weighted by molar-refractivity contribution is 8.93. The molecule has 35 heavy (non-hydrogen) atoms. The third-order valence-corrected chi connectivity index (χ3v) is 5.90. The van der Waals surface area contributed by atoms with Gasteiger partial charge in [0.2, 0.25) is 0 Å². The van der Waals surface area contributed by atoms with Gasteiger partial charge in [0.1, 0.15) is 11.6 Å². The number of carbonyl (C=O) groups excluding carboxylic acids is 1. The molecule has 2 aromatic rings. The molecular formula is C27H38BrN3O4. The van der Waals surface area contributed by atoms with Crippen LogP contribution in [0.25, 0.3) is 0 Å². The van der Waals surface area contributed by atoms with Crippen LogP contribution in [0.15, 0.2) is 30.3 Å². The van der Waals surface area contributed by atoms with Crippen LogP contribution in [0.1, 0.15) is 67.6 Å². The number of rotatable bonds is 11. The zero-order valence-electron chi connectivity index (χ0n) is 21.4. The third-order valence-electron chi connectivity index (χ3n) is 5.90. The number of nitrogens with zero attached hydrogens (tertiary/aromatic N) is 1. The van der Waals surface area contributed by atoms with E-state index in [9.17, 15) is 4.79 Å². The summed E-state index contributed by atoms with van der Waals surface area (Å²) in [4.78, 5) is 15.2. The lowest BCUT2D eigenvalue weighted by molar-refractivity contribution is 0.0962. The van der Waals surface area contributed by atoms with Gasteiger partial charge in [-0.15, -0.1) is 17.0 Å². The molecule has 3 rings (SSSR count). The predicted octanol–water partition coefficient (Wildman–Crippen LogP) is 5.11. The van der Waals surface area contributed by atoms with E-state index in [1.807, 2.05) is 31.2 Å². The van der Waals surface area contributed by atoms with Gasteiger partial charge in [0, 0.05) is 23.2 Å². The maximum absolute atomic E-state index is 13.4. The second-order valence-corrected chi connectivity index (χ2v) is 9.53. The molecule has 0 amide bonds. The minimum atomic E-state index is -0.247. The normalized spacial score (nSPS) is 12.7. The highest BCUT2D eigenvalue weighted by Crippen LogP contribution is 2.40. The zero-order chi connectivity index (χ0) is 24.9. The van der Waals surface area contributed by atoms with Crippen molar-refractivity contribution < 1.29 is 19.0 Å². The van der Waals surface area contributed by atoms with Gasteiger partial charge in [0.25, 0.3) is 0 Å². The maximum atomic E-state index is 13.4. The van der Waals surface area contributed by atoms with Gasteiger partial charge in [-0.05, 0) is 67.6 Å². The Morgan fingerprint density at radius 1 is 1.14 bits per heavy atom. The van der Waals surface area contributed by atoms with Crippen molar-refractivity contribution in [1.82, 2.24) is 4.90 Å². The van der Waals surface area contributed by atoms with E-state index < -0.39 is 0 Å². The van der Waals surface area contributed by atoms with Gasteiger partial charge in [-0.25, -0.2) is 0 Å². The topological polar surface area (TPSA) is 97.9 Å². The van der Waals surface area contributed by atoms with Gasteiger partial charge in [-0.3, -0.25) is 10.2 Å². The van der Waals surface area contributed by atoms with Crippen LogP contribution in [0.2, 0.25) is 0 Å². The first-order valence-electron chi connectivity index (χ1n) is 11.9. The predicted molar refractivity (Wildman–Crippen MR) is 145 cm³/mol. The van der Waals surface area contributed by atoms with Crippen molar-refractivity contribution in [3.8, 4) is 17.2 Å². The fourth-order valence-electron chi connectivity index (χ4n) is 4.11. The molecule has 0 saturated heterocycles. The van der Waals surface area contributed by atoms with Crippen LogP contribution in [0, 0.1) is 5.41 Å². The third kappa shape index (κ3) is 6.76. The summed E-state index contributed by atoms with van der Waals surface area (Å²) in [5, 5.41) is 8.57. The molecule has 2 aromatic carbocycles. The number of ketones is 1. The Morgan fingerprint density at radius 3 is 2.51 bits per heavy atom. The molecule has 0 aromatic heterocycles. The Kier molecular flexibility index (Phi) is 10.2. The lowest BCUT2D eigenvalue weighted by atomic mass is 9.84. The number of amidine groups is 1. The fraction of sp³-hybridized carbons (Fsp3) is 0.481. The number of unbranched alkanes of at least 4 members (excludes halogenated alkanes) is 1. The SMILES string of the molecule is Br.CCOc1ccc2c(c1)CN(CC(=O)c1cc(OCCCCN)c(OC)c(C(C)(C)C)c1)C2=N. The molecule has 1 aliphatic rings. The summed E-state index contributed by atoms with van der Waals surface area (Å²) < 4.78 is 17.3. The second-order valence-electron chi connectivity index (χ2n) is 9.53. The van der Waals surface area contributed by atoms with Crippen molar-refractivity contribution in [2.75, 3.05) is 33.4 Å².